The summed E-state index contributed by atoms with van der Waals surface area (Å²) in [5.41, 5.74) is 4.87. The molecule has 1 amide bonds. The van der Waals surface area contributed by atoms with E-state index >= 15 is 0 Å². The Bertz CT molecular complexity index is 498. The summed E-state index contributed by atoms with van der Waals surface area (Å²) in [5, 5.41) is 19.1. The van der Waals surface area contributed by atoms with Crippen LogP contribution in [0.2, 0.25) is 0 Å². The molecule has 118 valence electrons. The second kappa shape index (κ2) is 5.31. The van der Waals surface area contributed by atoms with Crippen LogP contribution in [0.15, 0.2) is 11.5 Å². The Labute approximate surface area is 123 Å². The fraction of sp³-hybridized carbons (Fsp3) is 0.714. The molecule has 2 aliphatic rings. The Morgan fingerprint density at radius 2 is 2.14 bits per heavy atom. The molecule has 0 saturated carbocycles. The Hall–Kier alpha value is -1.60. The van der Waals surface area contributed by atoms with Gasteiger partial charge in [0, 0.05) is 5.41 Å². The van der Waals surface area contributed by atoms with Gasteiger partial charge in [-0.15, -0.1) is 0 Å². The average Bonchev–Trinajstić information content (AvgIpc) is 2.71. The topological polar surface area (TPSA) is 113 Å². The second-order valence-corrected chi connectivity index (χ2v) is 6.24. The molecule has 4 N–H and O–H groups in total. The number of carboxylic acids is 1. The SMILES string of the molecule is CC(O)[C@@H]1C(=O)N2C(C(=O)O)=C(C(C)(C)CCCN)O[C@@H]12. The highest BCUT2D eigenvalue weighted by molar-refractivity contribution is 5.98. The number of aliphatic carboxylic acids is 1. The molecule has 21 heavy (non-hydrogen) atoms. The predicted octanol–water partition coefficient (Wildman–Crippen LogP) is 0.243. The van der Waals surface area contributed by atoms with Crippen molar-refractivity contribution in [3.63, 3.8) is 0 Å². The smallest absolute Gasteiger partial charge is 0.356 e. The van der Waals surface area contributed by atoms with Crippen molar-refractivity contribution < 1.29 is 24.5 Å². The van der Waals surface area contributed by atoms with E-state index in [0.29, 0.717) is 18.7 Å². The number of allylic oxidation sites excluding steroid dienone is 1. The third-order valence-electron chi connectivity index (χ3n) is 4.12. The van der Waals surface area contributed by atoms with Crippen molar-refractivity contribution in [1.29, 1.82) is 0 Å². The van der Waals surface area contributed by atoms with Crippen molar-refractivity contribution in [2.24, 2.45) is 17.1 Å². The van der Waals surface area contributed by atoms with E-state index in [2.05, 4.69) is 0 Å². The number of aliphatic hydroxyl groups excluding tert-OH is 1. The second-order valence-electron chi connectivity index (χ2n) is 6.24. The van der Waals surface area contributed by atoms with Crippen molar-refractivity contribution >= 4 is 11.9 Å². The number of nitrogens with zero attached hydrogens (tertiary/aromatic N) is 1. The Morgan fingerprint density at radius 1 is 1.52 bits per heavy atom. The molecule has 0 spiro atoms. The van der Waals surface area contributed by atoms with Crippen molar-refractivity contribution in [3.8, 4) is 0 Å². The van der Waals surface area contributed by atoms with Crippen molar-refractivity contribution in [1.82, 2.24) is 4.90 Å². The van der Waals surface area contributed by atoms with Gasteiger partial charge in [0.25, 0.3) is 0 Å². The van der Waals surface area contributed by atoms with Gasteiger partial charge in [0.2, 0.25) is 5.91 Å². The number of fused-ring (bicyclic) bond motifs is 1. The minimum atomic E-state index is -1.19. The third-order valence-corrected chi connectivity index (χ3v) is 4.12. The van der Waals surface area contributed by atoms with E-state index in [1.165, 1.54) is 6.92 Å². The van der Waals surface area contributed by atoms with Gasteiger partial charge in [0.05, 0.1) is 6.10 Å². The van der Waals surface area contributed by atoms with Crippen LogP contribution in [0.5, 0.6) is 0 Å². The summed E-state index contributed by atoms with van der Waals surface area (Å²) < 4.78 is 5.74. The molecule has 0 radical (unpaired) electrons. The van der Waals surface area contributed by atoms with Crippen LogP contribution in [0.4, 0.5) is 0 Å². The van der Waals surface area contributed by atoms with Crippen LogP contribution in [0.25, 0.3) is 0 Å². The van der Waals surface area contributed by atoms with Crippen molar-refractivity contribution in [2.45, 2.75) is 45.9 Å². The zero-order chi connectivity index (χ0) is 15.9. The van der Waals surface area contributed by atoms with Crippen molar-refractivity contribution in [3.05, 3.63) is 11.5 Å². The van der Waals surface area contributed by atoms with Crippen LogP contribution >= 0.6 is 0 Å². The number of β-lactam (4-membered cyclic amide) rings is 1. The van der Waals surface area contributed by atoms with Gasteiger partial charge in [-0.1, -0.05) is 13.8 Å². The summed E-state index contributed by atoms with van der Waals surface area (Å²) >= 11 is 0. The lowest BCUT2D eigenvalue weighted by atomic mass is 9.84. The summed E-state index contributed by atoms with van der Waals surface area (Å²) in [7, 11) is 0. The summed E-state index contributed by atoms with van der Waals surface area (Å²) in [5.74, 6) is -2.00. The minimum absolute atomic E-state index is 0.107. The molecule has 2 heterocycles. The molecular weight excluding hydrogens is 276 g/mol. The number of nitrogens with two attached hydrogens (primary N) is 1. The number of aliphatic hydroxyl groups is 1. The maximum Gasteiger partial charge on any atom is 0.356 e. The lowest BCUT2D eigenvalue weighted by Crippen LogP contribution is -2.62. The molecule has 1 saturated heterocycles. The molecule has 0 aromatic rings. The number of hydrogen-bond acceptors (Lipinski definition) is 5. The third kappa shape index (κ3) is 2.40. The van der Waals surface area contributed by atoms with E-state index in [9.17, 15) is 19.8 Å². The first-order valence-corrected chi connectivity index (χ1v) is 7.08. The van der Waals surface area contributed by atoms with Crippen molar-refractivity contribution in [2.75, 3.05) is 6.54 Å². The summed E-state index contributed by atoms with van der Waals surface area (Å²) in [6.45, 7) is 5.74. The van der Waals surface area contributed by atoms with Crippen LogP contribution in [-0.2, 0) is 14.3 Å². The minimum Gasteiger partial charge on any atom is -0.476 e. The molecule has 1 fully saturated rings. The molecule has 0 bridgehead atoms. The molecule has 2 aliphatic heterocycles. The fourth-order valence-corrected chi connectivity index (χ4v) is 2.92. The van der Waals surface area contributed by atoms with Gasteiger partial charge in [0.1, 0.15) is 11.7 Å². The number of ether oxygens (including phenoxy) is 1. The molecule has 7 heteroatoms. The molecule has 1 unspecified atom stereocenters. The van der Waals surface area contributed by atoms with E-state index in [0.717, 1.165) is 11.3 Å². The number of amides is 1. The maximum absolute atomic E-state index is 12.1. The van der Waals surface area contributed by atoms with Gasteiger partial charge in [-0.25, -0.2) is 4.79 Å². The van der Waals surface area contributed by atoms with E-state index < -0.39 is 35.5 Å². The summed E-state index contributed by atoms with van der Waals surface area (Å²) in [6, 6.07) is 0. The lowest BCUT2D eigenvalue weighted by molar-refractivity contribution is -0.183. The zero-order valence-electron chi connectivity index (χ0n) is 12.5. The molecule has 0 aromatic heterocycles. The Balaban J connectivity index is 2.33. The zero-order valence-corrected chi connectivity index (χ0v) is 12.5. The van der Waals surface area contributed by atoms with Gasteiger partial charge < -0.3 is 20.7 Å². The molecule has 3 atom stereocenters. The lowest BCUT2D eigenvalue weighted by Gasteiger charge is -2.42. The van der Waals surface area contributed by atoms with E-state index in [4.69, 9.17) is 10.5 Å². The van der Waals surface area contributed by atoms with Crippen LogP contribution in [0.1, 0.15) is 33.6 Å². The normalized spacial score (nSPS) is 26.3. The summed E-state index contributed by atoms with van der Waals surface area (Å²) in [4.78, 5) is 24.7. The number of hydrogen-bond donors (Lipinski definition) is 3. The van der Waals surface area contributed by atoms with Crippen LogP contribution in [-0.4, -0.2) is 45.9 Å². The first-order valence-electron chi connectivity index (χ1n) is 7.08. The molecule has 7 nitrogen and oxygen atoms in total. The standard InChI is InChI=1S/C14H22N2O5/c1-7(17)8-11(18)16-9(13(19)20)10(21-12(8)16)14(2,3)5-4-6-15/h7-8,12,17H,4-6,15H2,1-3H3,(H,19,20)/t7?,8-,12+/m1/s1. The predicted molar refractivity (Wildman–Crippen MR) is 73.6 cm³/mol. The highest BCUT2D eigenvalue weighted by Gasteiger charge is 2.60. The Kier molecular flexibility index (Phi) is 3.99. The van der Waals surface area contributed by atoms with Gasteiger partial charge >= 0.3 is 5.97 Å². The van der Waals surface area contributed by atoms with E-state index in [1.807, 2.05) is 13.8 Å². The largest absolute Gasteiger partial charge is 0.476 e. The fourth-order valence-electron chi connectivity index (χ4n) is 2.92. The van der Waals surface area contributed by atoms with E-state index in [-0.39, 0.29) is 5.70 Å². The number of carbonyl (C=O) groups excluding carboxylic acids is 1. The van der Waals surface area contributed by atoms with Gasteiger partial charge in [-0.05, 0) is 26.3 Å². The first-order chi connectivity index (χ1) is 9.72. The van der Waals surface area contributed by atoms with Gasteiger partial charge in [-0.3, -0.25) is 9.69 Å². The van der Waals surface area contributed by atoms with Gasteiger partial charge in [0.15, 0.2) is 11.9 Å². The van der Waals surface area contributed by atoms with Crippen LogP contribution in [0.3, 0.4) is 0 Å². The number of carbonyl (C=O) groups is 2. The van der Waals surface area contributed by atoms with Gasteiger partial charge in [-0.2, -0.15) is 0 Å². The summed E-state index contributed by atoms with van der Waals surface area (Å²) in [6.07, 6.45) is -0.203. The highest BCUT2D eigenvalue weighted by Crippen LogP contribution is 2.48. The van der Waals surface area contributed by atoms with Crippen LogP contribution < -0.4 is 5.73 Å². The van der Waals surface area contributed by atoms with E-state index in [1.54, 1.807) is 0 Å². The van der Waals surface area contributed by atoms with Crippen LogP contribution in [0, 0.1) is 11.3 Å². The molecule has 0 aromatic carbocycles. The maximum atomic E-state index is 12.1. The molecule has 2 rings (SSSR count). The quantitative estimate of drug-likeness (QED) is 0.606. The molecular formula is C14H22N2O5. The number of carboxylic acid groups (broad SMARTS) is 1. The first kappa shape index (κ1) is 15.8. The Morgan fingerprint density at radius 3 is 2.62 bits per heavy atom. The monoisotopic (exact) mass is 298 g/mol. The molecule has 0 aliphatic carbocycles. The highest BCUT2D eigenvalue weighted by atomic mass is 16.5. The average molecular weight is 298 g/mol. The number of rotatable bonds is 6.